The molecule has 1 rings (SSSR count). The van der Waals surface area contributed by atoms with Crippen LogP contribution in [0.2, 0.25) is 0 Å². The highest BCUT2D eigenvalue weighted by atomic mass is 15.2. The molecule has 10 heavy (non-hydrogen) atoms. The van der Waals surface area contributed by atoms with E-state index in [1.807, 2.05) is 13.8 Å². The molecule has 4 nitrogen and oxygen atoms in total. The minimum Gasteiger partial charge on any atom is -0.321 e. The third-order valence-electron chi connectivity index (χ3n) is 1.39. The lowest BCUT2D eigenvalue weighted by Gasteiger charge is -1.99. The molecule has 1 heterocycles. The van der Waals surface area contributed by atoms with Crippen LogP contribution in [0.4, 0.5) is 0 Å². The van der Waals surface area contributed by atoms with Crippen molar-refractivity contribution in [2.24, 2.45) is 5.73 Å². The van der Waals surface area contributed by atoms with Gasteiger partial charge < -0.3 is 5.73 Å². The summed E-state index contributed by atoms with van der Waals surface area (Å²) in [5.41, 5.74) is 5.66. The number of nitrogens with two attached hydrogens (primary N) is 1. The number of rotatable bonds is 2. The van der Waals surface area contributed by atoms with E-state index in [1.165, 1.54) is 0 Å². The topological polar surface area (TPSA) is 67.6 Å². The van der Waals surface area contributed by atoms with Gasteiger partial charge in [-0.25, -0.2) is 4.98 Å². The smallest absolute Gasteiger partial charge is 0.167 e. The van der Waals surface area contributed by atoms with Crippen LogP contribution in [0.25, 0.3) is 0 Å². The quantitative estimate of drug-likeness (QED) is 0.629. The molecule has 1 aromatic heterocycles. The van der Waals surface area contributed by atoms with Gasteiger partial charge in [0.15, 0.2) is 5.82 Å². The second kappa shape index (κ2) is 2.79. The van der Waals surface area contributed by atoms with Crippen molar-refractivity contribution < 1.29 is 0 Å². The highest BCUT2D eigenvalue weighted by molar-refractivity contribution is 4.93. The second-order valence-electron chi connectivity index (χ2n) is 2.29. The second-order valence-corrected chi connectivity index (χ2v) is 2.29. The molecule has 1 atom stereocenters. The van der Waals surface area contributed by atoms with Crippen LogP contribution >= 0.6 is 0 Å². The molecular formula is C6H12N4. The fourth-order valence-corrected chi connectivity index (χ4v) is 0.708. The highest BCUT2D eigenvalue weighted by Crippen LogP contribution is 2.06. The van der Waals surface area contributed by atoms with Crippen molar-refractivity contribution in [1.29, 1.82) is 0 Å². The third kappa shape index (κ3) is 1.33. The zero-order chi connectivity index (χ0) is 7.56. The summed E-state index contributed by atoms with van der Waals surface area (Å²) in [6.07, 6.45) is 0.872. The summed E-state index contributed by atoms with van der Waals surface area (Å²) in [7, 11) is 0. The first-order valence-electron chi connectivity index (χ1n) is 3.38. The van der Waals surface area contributed by atoms with Gasteiger partial charge in [0.05, 0.1) is 6.04 Å². The van der Waals surface area contributed by atoms with Gasteiger partial charge in [0.25, 0.3) is 0 Å². The Morgan fingerprint density at radius 3 is 2.80 bits per heavy atom. The molecule has 0 amide bonds. The Kier molecular flexibility index (Phi) is 2.01. The Hall–Kier alpha value is -0.900. The molecule has 0 aliphatic rings. The van der Waals surface area contributed by atoms with E-state index < -0.39 is 0 Å². The number of nitrogens with one attached hydrogen (secondary N) is 1. The fraction of sp³-hybridized carbons (Fsp3) is 0.667. The first-order valence-corrected chi connectivity index (χ1v) is 3.38. The van der Waals surface area contributed by atoms with Crippen molar-refractivity contribution in [2.45, 2.75) is 26.3 Å². The van der Waals surface area contributed by atoms with Crippen LogP contribution < -0.4 is 5.73 Å². The van der Waals surface area contributed by atoms with Crippen molar-refractivity contribution in [3.8, 4) is 0 Å². The maximum atomic E-state index is 5.66. The van der Waals surface area contributed by atoms with E-state index in [2.05, 4.69) is 15.2 Å². The molecular weight excluding hydrogens is 128 g/mol. The Bertz CT molecular complexity index is 205. The van der Waals surface area contributed by atoms with Gasteiger partial charge in [-0.15, -0.1) is 0 Å². The maximum Gasteiger partial charge on any atom is 0.167 e. The van der Waals surface area contributed by atoms with Crippen LogP contribution in [0.3, 0.4) is 0 Å². The molecule has 1 aromatic rings. The minimum absolute atomic E-state index is 0.0232. The Balaban J connectivity index is 2.74. The van der Waals surface area contributed by atoms with Crippen molar-refractivity contribution in [1.82, 2.24) is 15.2 Å². The third-order valence-corrected chi connectivity index (χ3v) is 1.39. The fourth-order valence-electron chi connectivity index (χ4n) is 0.708. The largest absolute Gasteiger partial charge is 0.321 e. The van der Waals surface area contributed by atoms with Crippen LogP contribution in [-0.2, 0) is 0 Å². The van der Waals surface area contributed by atoms with Crippen molar-refractivity contribution in [2.75, 3.05) is 0 Å². The van der Waals surface area contributed by atoms with E-state index in [0.29, 0.717) is 5.82 Å². The van der Waals surface area contributed by atoms with Gasteiger partial charge in [-0.1, -0.05) is 6.92 Å². The van der Waals surface area contributed by atoms with E-state index >= 15 is 0 Å². The van der Waals surface area contributed by atoms with Crippen LogP contribution in [0.1, 0.15) is 31.0 Å². The van der Waals surface area contributed by atoms with E-state index in [1.54, 1.807) is 0 Å². The van der Waals surface area contributed by atoms with Gasteiger partial charge in [-0.3, -0.25) is 5.10 Å². The van der Waals surface area contributed by atoms with Crippen molar-refractivity contribution >= 4 is 0 Å². The lowest BCUT2D eigenvalue weighted by molar-refractivity contribution is 0.652. The van der Waals surface area contributed by atoms with Crippen LogP contribution in [0.5, 0.6) is 0 Å². The zero-order valence-electron chi connectivity index (χ0n) is 6.26. The molecule has 4 heteroatoms. The van der Waals surface area contributed by atoms with Gasteiger partial charge in [-0.2, -0.15) is 5.10 Å². The number of hydrogen-bond donors (Lipinski definition) is 2. The average molecular weight is 140 g/mol. The Morgan fingerprint density at radius 2 is 2.40 bits per heavy atom. The van der Waals surface area contributed by atoms with E-state index in [0.717, 1.165) is 12.2 Å². The summed E-state index contributed by atoms with van der Waals surface area (Å²) in [4.78, 5) is 4.09. The summed E-state index contributed by atoms with van der Waals surface area (Å²) in [6, 6.07) is -0.0232. The highest BCUT2D eigenvalue weighted by Gasteiger charge is 2.06. The molecule has 3 N–H and O–H groups in total. The van der Waals surface area contributed by atoms with Crippen LogP contribution in [0, 0.1) is 6.92 Å². The van der Waals surface area contributed by atoms with Crippen molar-refractivity contribution in [3.05, 3.63) is 11.6 Å². The molecule has 0 fully saturated rings. The standard InChI is InChI=1S/C6H12N4/c1-3-5(7)6-8-4(2)9-10-6/h5H,3,7H2,1-2H3,(H,8,9,10)/t5-/m0/s1. The molecule has 0 saturated heterocycles. The van der Waals surface area contributed by atoms with Crippen molar-refractivity contribution in [3.63, 3.8) is 0 Å². The number of aromatic amines is 1. The lowest BCUT2D eigenvalue weighted by Crippen LogP contribution is -2.10. The monoisotopic (exact) mass is 140 g/mol. The lowest BCUT2D eigenvalue weighted by atomic mass is 10.2. The molecule has 0 radical (unpaired) electrons. The number of hydrogen-bond acceptors (Lipinski definition) is 3. The summed E-state index contributed by atoms with van der Waals surface area (Å²) in [5, 5.41) is 6.67. The SMILES string of the molecule is CC[C@H](N)c1n[nH]c(C)n1. The molecule has 0 saturated carbocycles. The molecule has 0 unspecified atom stereocenters. The number of H-pyrrole nitrogens is 1. The molecule has 0 bridgehead atoms. The predicted molar refractivity (Wildman–Crippen MR) is 38.3 cm³/mol. The van der Waals surface area contributed by atoms with Gasteiger partial charge in [0, 0.05) is 0 Å². The van der Waals surface area contributed by atoms with E-state index in [4.69, 9.17) is 5.73 Å². The first kappa shape index (κ1) is 7.21. The van der Waals surface area contributed by atoms with Gasteiger partial charge >= 0.3 is 0 Å². The molecule has 0 aliphatic heterocycles. The number of aryl methyl sites for hydroxylation is 1. The molecule has 0 spiro atoms. The van der Waals surface area contributed by atoms with Gasteiger partial charge in [-0.05, 0) is 13.3 Å². The Morgan fingerprint density at radius 1 is 1.70 bits per heavy atom. The zero-order valence-corrected chi connectivity index (χ0v) is 6.26. The van der Waals surface area contributed by atoms with Crippen LogP contribution in [-0.4, -0.2) is 15.2 Å². The summed E-state index contributed by atoms with van der Waals surface area (Å²) >= 11 is 0. The predicted octanol–water partition coefficient (Wildman–Crippen LogP) is 0.523. The summed E-state index contributed by atoms with van der Waals surface area (Å²) in [6.45, 7) is 3.87. The Labute approximate surface area is 59.8 Å². The van der Waals surface area contributed by atoms with E-state index in [-0.39, 0.29) is 6.04 Å². The molecule has 56 valence electrons. The average Bonchev–Trinajstić information content (AvgIpc) is 2.34. The first-order chi connectivity index (χ1) is 4.74. The molecule has 0 aromatic carbocycles. The van der Waals surface area contributed by atoms with Crippen LogP contribution in [0.15, 0.2) is 0 Å². The minimum atomic E-state index is -0.0232. The number of nitrogens with zero attached hydrogens (tertiary/aromatic N) is 2. The van der Waals surface area contributed by atoms with E-state index in [9.17, 15) is 0 Å². The summed E-state index contributed by atoms with van der Waals surface area (Å²) in [5.74, 6) is 1.53. The maximum absolute atomic E-state index is 5.66. The summed E-state index contributed by atoms with van der Waals surface area (Å²) < 4.78 is 0. The normalized spacial score (nSPS) is 13.5. The molecule has 0 aliphatic carbocycles. The number of aromatic nitrogens is 3. The van der Waals surface area contributed by atoms with Gasteiger partial charge in [0.1, 0.15) is 5.82 Å². The van der Waals surface area contributed by atoms with Gasteiger partial charge in [0.2, 0.25) is 0 Å².